The van der Waals surface area contributed by atoms with Gasteiger partial charge in [-0.3, -0.25) is 4.79 Å². The van der Waals surface area contributed by atoms with Gasteiger partial charge in [-0.2, -0.15) is 0 Å². The van der Waals surface area contributed by atoms with Crippen LogP contribution in [0.1, 0.15) is 43.2 Å². The number of halogens is 2. The van der Waals surface area contributed by atoms with Gasteiger partial charge >= 0.3 is 0 Å². The number of nitrogens with zero attached hydrogens (tertiary/aromatic N) is 1. The fraction of sp³-hybridized carbons (Fsp3) is 0.333. The number of amides is 1. The predicted octanol–water partition coefficient (Wildman–Crippen LogP) is 4.82. The summed E-state index contributed by atoms with van der Waals surface area (Å²) in [6, 6.07) is 12.5. The van der Waals surface area contributed by atoms with Crippen molar-refractivity contribution in [3.8, 4) is 17.1 Å². The summed E-state index contributed by atoms with van der Waals surface area (Å²) in [4.78, 5) is 17.4. The summed E-state index contributed by atoms with van der Waals surface area (Å²) in [5, 5.41) is 14.8. The molecule has 164 valence electrons. The van der Waals surface area contributed by atoms with Crippen LogP contribution in [-0.4, -0.2) is 27.6 Å². The summed E-state index contributed by atoms with van der Waals surface area (Å²) >= 11 is 12.0. The van der Waals surface area contributed by atoms with E-state index in [1.165, 1.54) is 0 Å². The van der Waals surface area contributed by atoms with Crippen molar-refractivity contribution in [3.63, 3.8) is 0 Å². The Balaban J connectivity index is 1.10. The van der Waals surface area contributed by atoms with Gasteiger partial charge in [-0.1, -0.05) is 23.2 Å². The zero-order valence-electron chi connectivity index (χ0n) is 17.0. The maximum Gasteiger partial charge on any atom is 0.261 e. The third kappa shape index (κ3) is 3.12. The van der Waals surface area contributed by atoms with E-state index in [9.17, 15) is 9.90 Å². The third-order valence-electron chi connectivity index (χ3n) is 6.84. The van der Waals surface area contributed by atoms with Gasteiger partial charge in [-0.05, 0) is 61.7 Å². The van der Waals surface area contributed by atoms with Crippen LogP contribution in [0.15, 0.2) is 53.1 Å². The first-order valence-electron chi connectivity index (χ1n) is 10.5. The molecule has 0 saturated heterocycles. The largest absolute Gasteiger partial charge is 0.480 e. The minimum atomic E-state index is -0.786. The van der Waals surface area contributed by atoms with Crippen LogP contribution in [0, 0.1) is 0 Å². The second-order valence-electron chi connectivity index (χ2n) is 9.16. The van der Waals surface area contributed by atoms with E-state index in [4.69, 9.17) is 32.4 Å². The van der Waals surface area contributed by atoms with E-state index in [-0.39, 0.29) is 23.3 Å². The highest BCUT2D eigenvalue weighted by atomic mass is 35.5. The number of aromatic nitrogens is 1. The molecule has 1 amide bonds. The molecule has 0 spiro atoms. The Hall–Kier alpha value is -2.54. The van der Waals surface area contributed by atoms with E-state index in [0.717, 1.165) is 24.8 Å². The lowest BCUT2D eigenvalue weighted by molar-refractivity contribution is -0.149. The highest BCUT2D eigenvalue weighted by Crippen LogP contribution is 2.67. The van der Waals surface area contributed by atoms with E-state index in [1.807, 2.05) is 24.3 Å². The molecule has 32 heavy (non-hydrogen) atoms. The van der Waals surface area contributed by atoms with Gasteiger partial charge in [0.05, 0.1) is 17.7 Å². The number of benzene rings is 2. The van der Waals surface area contributed by atoms with Crippen LogP contribution in [-0.2, 0) is 10.2 Å². The number of rotatable bonds is 4. The van der Waals surface area contributed by atoms with Crippen LogP contribution in [0.5, 0.6) is 5.75 Å². The van der Waals surface area contributed by atoms with Gasteiger partial charge < -0.3 is 19.6 Å². The molecule has 1 aromatic heterocycles. The van der Waals surface area contributed by atoms with Crippen molar-refractivity contribution in [1.29, 1.82) is 0 Å². The summed E-state index contributed by atoms with van der Waals surface area (Å²) < 4.78 is 11.9. The van der Waals surface area contributed by atoms with Crippen LogP contribution in [0.2, 0.25) is 10.0 Å². The molecule has 2 atom stereocenters. The van der Waals surface area contributed by atoms with Crippen LogP contribution >= 0.6 is 23.2 Å². The molecule has 7 rings (SSSR count). The number of oxazole rings is 1. The second kappa shape index (κ2) is 6.98. The molecular weight excluding hydrogens is 451 g/mol. The van der Waals surface area contributed by atoms with Gasteiger partial charge in [0.1, 0.15) is 5.75 Å². The lowest BCUT2D eigenvalue weighted by atomic mass is 9.39. The molecule has 0 radical (unpaired) electrons. The molecule has 2 heterocycles. The molecule has 2 N–H and O–H groups in total. The van der Waals surface area contributed by atoms with Crippen LogP contribution < -0.4 is 10.1 Å². The van der Waals surface area contributed by atoms with Crippen molar-refractivity contribution >= 4 is 29.1 Å². The Morgan fingerprint density at radius 3 is 2.56 bits per heavy atom. The molecule has 4 aliphatic rings. The zero-order chi connectivity index (χ0) is 22.1. The Bertz CT molecular complexity index is 1200. The summed E-state index contributed by atoms with van der Waals surface area (Å²) in [7, 11) is 0. The fourth-order valence-electron chi connectivity index (χ4n) is 5.33. The monoisotopic (exact) mass is 470 g/mol. The predicted molar refractivity (Wildman–Crippen MR) is 119 cm³/mol. The number of fused-ring (bicyclic) bond motifs is 1. The maximum atomic E-state index is 12.9. The Kier molecular flexibility index (Phi) is 4.38. The number of hydrogen-bond donors (Lipinski definition) is 2. The SMILES string of the molecule is O=C(NC12CC(c3ncc(-c4ccc(Cl)cc4)o3)(C1)C2)[C@H]1C[C@@H](O)c2cc(Cl)ccc2O1. The first-order valence-corrected chi connectivity index (χ1v) is 11.3. The fourth-order valence-corrected chi connectivity index (χ4v) is 5.64. The first-order chi connectivity index (χ1) is 15.3. The Morgan fingerprint density at radius 2 is 1.81 bits per heavy atom. The maximum absolute atomic E-state index is 12.9. The third-order valence-corrected chi connectivity index (χ3v) is 7.32. The molecule has 3 saturated carbocycles. The molecule has 1 aliphatic heterocycles. The number of nitrogens with one attached hydrogen (secondary N) is 1. The van der Waals surface area contributed by atoms with Gasteiger partial charge in [-0.15, -0.1) is 0 Å². The minimum Gasteiger partial charge on any atom is -0.480 e. The van der Waals surface area contributed by atoms with E-state index < -0.39 is 12.2 Å². The van der Waals surface area contributed by atoms with E-state index in [0.29, 0.717) is 33.0 Å². The zero-order valence-corrected chi connectivity index (χ0v) is 18.5. The topological polar surface area (TPSA) is 84.6 Å². The molecular formula is C24H20Cl2N2O4. The van der Waals surface area contributed by atoms with Crippen LogP contribution in [0.4, 0.5) is 0 Å². The number of aliphatic hydroxyl groups excluding tert-OH is 1. The number of carbonyl (C=O) groups excluding carboxylic acids is 1. The summed E-state index contributed by atoms with van der Waals surface area (Å²) in [5.41, 5.74) is 1.18. The van der Waals surface area contributed by atoms with Crippen molar-refractivity contribution in [2.75, 3.05) is 0 Å². The van der Waals surface area contributed by atoms with Gasteiger partial charge in [-0.25, -0.2) is 4.98 Å². The smallest absolute Gasteiger partial charge is 0.261 e. The standard InChI is InChI=1S/C24H20Cl2N2O4/c25-14-3-1-13(2-4-14)20-9-27-22(32-20)23-10-24(11-23,12-23)28-21(30)19-8-17(29)16-7-15(26)5-6-18(16)31-19/h1-7,9,17,19,29H,8,10-12H2,(H,28,30)/t17-,19-,23?,24?/m1/s1. The lowest BCUT2D eigenvalue weighted by Crippen LogP contribution is -2.77. The molecule has 2 aromatic carbocycles. The van der Waals surface area contributed by atoms with Crippen LogP contribution in [0.3, 0.4) is 0 Å². The Morgan fingerprint density at radius 1 is 1.09 bits per heavy atom. The van der Waals surface area contributed by atoms with Gasteiger partial charge in [0.2, 0.25) is 5.89 Å². The van der Waals surface area contributed by atoms with E-state index in [1.54, 1.807) is 24.4 Å². The summed E-state index contributed by atoms with van der Waals surface area (Å²) in [6.45, 7) is 0. The number of ether oxygens (including phenoxy) is 1. The molecule has 8 heteroatoms. The van der Waals surface area contributed by atoms with Crippen molar-refractivity contribution < 1.29 is 19.1 Å². The number of carbonyl (C=O) groups is 1. The number of hydrogen-bond acceptors (Lipinski definition) is 5. The minimum absolute atomic E-state index is 0.117. The van der Waals surface area contributed by atoms with Crippen molar-refractivity contribution in [3.05, 3.63) is 70.2 Å². The van der Waals surface area contributed by atoms with Gasteiger partial charge in [0.15, 0.2) is 11.9 Å². The molecule has 3 fully saturated rings. The first kappa shape index (κ1) is 20.1. The van der Waals surface area contributed by atoms with E-state index in [2.05, 4.69) is 10.3 Å². The van der Waals surface area contributed by atoms with Gasteiger partial charge in [0.25, 0.3) is 5.91 Å². The molecule has 0 unspecified atom stereocenters. The van der Waals surface area contributed by atoms with E-state index >= 15 is 0 Å². The Labute approximate surface area is 194 Å². The highest BCUT2D eigenvalue weighted by Gasteiger charge is 2.71. The lowest BCUT2D eigenvalue weighted by Gasteiger charge is -2.68. The molecule has 3 aliphatic carbocycles. The molecule has 3 aromatic rings. The van der Waals surface area contributed by atoms with Crippen molar-refractivity contribution in [1.82, 2.24) is 10.3 Å². The second-order valence-corrected chi connectivity index (χ2v) is 10.0. The van der Waals surface area contributed by atoms with Crippen molar-refractivity contribution in [2.45, 2.75) is 48.8 Å². The van der Waals surface area contributed by atoms with Crippen molar-refractivity contribution in [2.24, 2.45) is 0 Å². The average molecular weight is 471 g/mol. The molecule has 2 bridgehead atoms. The number of aliphatic hydroxyl groups is 1. The highest BCUT2D eigenvalue weighted by molar-refractivity contribution is 6.31. The summed E-state index contributed by atoms with van der Waals surface area (Å²) in [6.07, 6.45) is 2.78. The summed E-state index contributed by atoms with van der Waals surface area (Å²) in [5.74, 6) is 1.72. The van der Waals surface area contributed by atoms with Gasteiger partial charge in [0, 0.05) is 33.1 Å². The normalized spacial score (nSPS) is 29.8. The quantitative estimate of drug-likeness (QED) is 0.570. The average Bonchev–Trinajstić information content (AvgIpc) is 3.20. The molecule has 6 nitrogen and oxygen atoms in total. The van der Waals surface area contributed by atoms with Crippen LogP contribution in [0.25, 0.3) is 11.3 Å².